The zero-order valence-electron chi connectivity index (χ0n) is 37.1. The van der Waals surface area contributed by atoms with Crippen LogP contribution in [-0.4, -0.2) is 0 Å². The van der Waals surface area contributed by atoms with Gasteiger partial charge >= 0.3 is 0 Å². The number of hydrogen-bond acceptors (Lipinski definition) is 1. The predicted octanol–water partition coefficient (Wildman–Crippen LogP) is 16.3. The van der Waals surface area contributed by atoms with Gasteiger partial charge < -0.3 is 4.90 Å². The molecule has 0 aliphatic heterocycles. The summed E-state index contributed by atoms with van der Waals surface area (Å²) >= 11 is 0. The Morgan fingerprint density at radius 1 is 0.358 bits per heavy atom. The molecule has 67 heavy (non-hydrogen) atoms. The summed E-state index contributed by atoms with van der Waals surface area (Å²) < 4.78 is 0. The lowest BCUT2D eigenvalue weighted by Gasteiger charge is -2.37. The molecule has 0 saturated heterocycles. The third-order valence-electron chi connectivity index (χ3n) is 15.0. The average molecular weight is 854 g/mol. The first-order valence-corrected chi connectivity index (χ1v) is 23.6. The van der Waals surface area contributed by atoms with Crippen LogP contribution in [0.3, 0.4) is 0 Å². The van der Waals surface area contributed by atoms with Crippen LogP contribution in [0, 0.1) is 0 Å². The molecule has 0 aromatic heterocycles. The van der Waals surface area contributed by atoms with E-state index in [0.29, 0.717) is 0 Å². The van der Waals surface area contributed by atoms with Crippen molar-refractivity contribution in [2.24, 2.45) is 0 Å². The molecule has 13 rings (SSSR count). The lowest BCUT2D eigenvalue weighted by atomic mass is 9.64. The minimum Gasteiger partial charge on any atom is -0.311 e. The van der Waals surface area contributed by atoms with Crippen LogP contribution in [-0.2, 0) is 10.8 Å². The van der Waals surface area contributed by atoms with Crippen molar-refractivity contribution in [3.05, 3.63) is 323 Å². The fourth-order valence-electron chi connectivity index (χ4n) is 12.2. The number of rotatable bonds is 8. The van der Waals surface area contributed by atoms with Crippen LogP contribution < -0.4 is 4.90 Å². The molecule has 0 N–H and O–H groups in total. The van der Waals surface area contributed by atoms with E-state index in [9.17, 15) is 0 Å². The number of allylic oxidation sites excluding steroid dienone is 3. The van der Waals surface area contributed by atoms with Gasteiger partial charge in [-0.3, -0.25) is 0 Å². The fourth-order valence-corrected chi connectivity index (χ4v) is 12.2. The molecule has 0 spiro atoms. The number of fused-ring (bicyclic) bond motifs is 7. The van der Waals surface area contributed by atoms with E-state index in [1.807, 2.05) is 0 Å². The molecule has 0 saturated carbocycles. The number of nitrogens with zero attached hydrogens (tertiary/aromatic N) is 1. The Balaban J connectivity index is 1.03. The van der Waals surface area contributed by atoms with Crippen molar-refractivity contribution in [1.29, 1.82) is 0 Å². The first-order valence-electron chi connectivity index (χ1n) is 23.6. The lowest BCUT2D eigenvalue weighted by Crippen LogP contribution is -2.31. The summed E-state index contributed by atoms with van der Waals surface area (Å²) in [6, 6.07) is 92.8. The molecular weight excluding hydrogens is 807 g/mol. The van der Waals surface area contributed by atoms with Crippen molar-refractivity contribution < 1.29 is 0 Å². The van der Waals surface area contributed by atoms with Gasteiger partial charge in [0.05, 0.1) is 10.8 Å². The van der Waals surface area contributed by atoms with Gasteiger partial charge in [0.15, 0.2) is 0 Å². The quantitative estimate of drug-likeness (QED) is 0.147. The van der Waals surface area contributed by atoms with Gasteiger partial charge in [0.1, 0.15) is 0 Å². The Labute approximate surface area is 393 Å². The molecule has 0 bridgehead atoms. The van der Waals surface area contributed by atoms with E-state index < -0.39 is 10.8 Å². The Kier molecular flexibility index (Phi) is 9.18. The van der Waals surface area contributed by atoms with Gasteiger partial charge in [-0.25, -0.2) is 0 Å². The fraction of sp³-hybridized carbons (Fsp3) is 0.0606. The van der Waals surface area contributed by atoms with Crippen molar-refractivity contribution in [2.75, 3.05) is 4.90 Å². The predicted molar refractivity (Wildman–Crippen MR) is 278 cm³/mol. The monoisotopic (exact) mass is 853 g/mol. The second-order valence-corrected chi connectivity index (χ2v) is 18.2. The van der Waals surface area contributed by atoms with Crippen LogP contribution in [0.25, 0.3) is 33.0 Å². The number of para-hydroxylation sites is 1. The van der Waals surface area contributed by atoms with Gasteiger partial charge in [-0.1, -0.05) is 237 Å². The smallest absolute Gasteiger partial charge is 0.0714 e. The highest BCUT2D eigenvalue weighted by Crippen LogP contribution is 2.61. The summed E-state index contributed by atoms with van der Waals surface area (Å²) in [7, 11) is 0. The molecule has 1 unspecified atom stereocenters. The molecule has 1 heteroatoms. The minimum atomic E-state index is -0.632. The van der Waals surface area contributed by atoms with E-state index in [1.54, 1.807) is 0 Å². The summed E-state index contributed by atoms with van der Waals surface area (Å²) in [5, 5.41) is 2.61. The highest BCUT2D eigenvalue weighted by Gasteiger charge is 2.50. The van der Waals surface area contributed by atoms with E-state index >= 15 is 0 Å². The summed E-state index contributed by atoms with van der Waals surface area (Å²) in [6.07, 6.45) is 8.11. The highest BCUT2D eigenvalue weighted by atomic mass is 15.1. The normalized spacial score (nSPS) is 15.8. The van der Waals surface area contributed by atoms with Crippen molar-refractivity contribution >= 4 is 22.1 Å². The third-order valence-corrected chi connectivity index (χ3v) is 15.0. The van der Waals surface area contributed by atoms with E-state index in [4.69, 9.17) is 0 Å². The van der Waals surface area contributed by atoms with E-state index in [1.165, 1.54) is 88.8 Å². The molecule has 0 heterocycles. The van der Waals surface area contributed by atoms with Crippen LogP contribution in [0.1, 0.15) is 62.4 Å². The van der Waals surface area contributed by atoms with Crippen LogP contribution in [0.15, 0.2) is 273 Å². The molecule has 3 aliphatic carbocycles. The van der Waals surface area contributed by atoms with Gasteiger partial charge in [-0.05, 0) is 120 Å². The maximum absolute atomic E-state index is 2.58. The van der Waals surface area contributed by atoms with Crippen LogP contribution >= 0.6 is 0 Å². The maximum atomic E-state index is 2.58. The Bertz CT molecular complexity index is 3460. The van der Waals surface area contributed by atoms with Gasteiger partial charge in [-0.15, -0.1) is 0 Å². The third kappa shape index (κ3) is 5.88. The molecule has 3 aliphatic rings. The molecule has 0 fully saturated rings. The van der Waals surface area contributed by atoms with Gasteiger partial charge in [0.2, 0.25) is 0 Å². The Morgan fingerprint density at radius 3 is 1.46 bits per heavy atom. The molecule has 0 radical (unpaired) electrons. The standard InChI is InChI=1S/C66H47N/c1-5-22-48(23-6-1)65(49-24-7-2-8-25-49)63-44-51(66(50-26-9-3-10-27-50)61-34-17-15-31-57(61)58-32-16-18-35-62(58)66)38-42-59(63)60-43-41-54(45-64(60)65)67(52-28-11-4-12-29-52)53-39-36-47(37-40-53)56-33-19-21-46-20-13-14-30-55(46)56/h1-36,38-45,47H,37H2. The summed E-state index contributed by atoms with van der Waals surface area (Å²) in [5.41, 5.74) is 19.0. The summed E-state index contributed by atoms with van der Waals surface area (Å²) in [5.74, 6) is 0.290. The van der Waals surface area contributed by atoms with Crippen LogP contribution in [0.5, 0.6) is 0 Å². The van der Waals surface area contributed by atoms with Crippen LogP contribution in [0.4, 0.5) is 11.4 Å². The first-order chi connectivity index (χ1) is 33.2. The van der Waals surface area contributed by atoms with Gasteiger partial charge in [-0.2, -0.15) is 0 Å². The molecule has 1 atom stereocenters. The summed E-state index contributed by atoms with van der Waals surface area (Å²) in [6.45, 7) is 0. The number of benzene rings is 10. The lowest BCUT2D eigenvalue weighted by molar-refractivity contribution is 0.742. The second-order valence-electron chi connectivity index (χ2n) is 18.2. The molecular formula is C66H47N. The SMILES string of the molecule is C1=CC(c2cccc3ccccc23)CC=C1N(c1ccccc1)c1ccc2c(c1)C(c1ccccc1)(c1ccccc1)c1cc(C3(c4ccccc4)c4ccccc4-c4ccccc43)ccc1-2. The molecule has 1 nitrogen and oxygen atoms in total. The van der Waals surface area contributed by atoms with E-state index in [0.717, 1.165) is 17.8 Å². The van der Waals surface area contributed by atoms with Crippen molar-refractivity contribution in [3.63, 3.8) is 0 Å². The zero-order valence-corrected chi connectivity index (χ0v) is 37.1. The van der Waals surface area contributed by atoms with Crippen LogP contribution in [0.2, 0.25) is 0 Å². The Morgan fingerprint density at radius 2 is 0.851 bits per heavy atom. The topological polar surface area (TPSA) is 3.24 Å². The Hall–Kier alpha value is -8.26. The number of hydrogen-bond donors (Lipinski definition) is 0. The van der Waals surface area contributed by atoms with Crippen molar-refractivity contribution in [1.82, 2.24) is 0 Å². The van der Waals surface area contributed by atoms with E-state index in [-0.39, 0.29) is 5.92 Å². The van der Waals surface area contributed by atoms with E-state index in [2.05, 4.69) is 272 Å². The molecule has 10 aromatic carbocycles. The summed E-state index contributed by atoms with van der Waals surface area (Å²) in [4.78, 5) is 2.46. The van der Waals surface area contributed by atoms with Gasteiger partial charge in [0.25, 0.3) is 0 Å². The molecule has 0 amide bonds. The van der Waals surface area contributed by atoms with Crippen molar-refractivity contribution in [2.45, 2.75) is 23.2 Å². The highest BCUT2D eigenvalue weighted by molar-refractivity contribution is 5.92. The average Bonchev–Trinajstić information content (AvgIpc) is 3.88. The largest absolute Gasteiger partial charge is 0.311 e. The molecule has 316 valence electrons. The maximum Gasteiger partial charge on any atom is 0.0714 e. The second kappa shape index (κ2) is 15.7. The number of anilines is 2. The first kappa shape index (κ1) is 39.1. The van der Waals surface area contributed by atoms with Crippen molar-refractivity contribution in [3.8, 4) is 22.3 Å². The zero-order chi connectivity index (χ0) is 44.4. The molecule has 10 aromatic rings. The van der Waals surface area contributed by atoms with Gasteiger partial charge in [0, 0.05) is 23.0 Å². The minimum absolute atomic E-state index is 0.290.